The molecule has 0 aliphatic rings. The second-order valence-electron chi connectivity index (χ2n) is 6.24. The molecule has 0 saturated heterocycles. The molecule has 2 aromatic carbocycles. The lowest BCUT2D eigenvalue weighted by Crippen LogP contribution is -2.00. The van der Waals surface area contributed by atoms with E-state index in [0.29, 0.717) is 32.7 Å². The molecule has 6 heteroatoms. The number of nitrogens with zero attached hydrogens (tertiary/aromatic N) is 3. The van der Waals surface area contributed by atoms with E-state index in [1.165, 1.54) is 0 Å². The molecule has 4 rings (SSSR count). The van der Waals surface area contributed by atoms with E-state index in [1.807, 2.05) is 48.6 Å². The number of pyridine rings is 2. The van der Waals surface area contributed by atoms with Crippen molar-refractivity contribution in [3.63, 3.8) is 0 Å². The maximum absolute atomic E-state index is 9.92. The van der Waals surface area contributed by atoms with Crippen molar-refractivity contribution in [1.82, 2.24) is 9.97 Å². The highest BCUT2D eigenvalue weighted by atomic mass is 35.5. The zero-order valence-electron chi connectivity index (χ0n) is 15.1. The van der Waals surface area contributed by atoms with Crippen LogP contribution in [0.3, 0.4) is 0 Å². The molecular weight excluding hydrogens is 403 g/mol. The van der Waals surface area contributed by atoms with Gasteiger partial charge in [-0.2, -0.15) is 5.26 Å². The lowest BCUT2D eigenvalue weighted by molar-refractivity contribution is 1.32. The van der Waals surface area contributed by atoms with E-state index < -0.39 is 0 Å². The summed E-state index contributed by atoms with van der Waals surface area (Å²) in [7, 11) is 0. The molecule has 29 heavy (non-hydrogen) atoms. The van der Waals surface area contributed by atoms with Crippen LogP contribution in [-0.4, -0.2) is 9.97 Å². The third-order valence-corrected chi connectivity index (χ3v) is 4.91. The van der Waals surface area contributed by atoms with Crippen molar-refractivity contribution in [2.24, 2.45) is 0 Å². The van der Waals surface area contributed by atoms with Crippen LogP contribution in [0.5, 0.6) is 0 Å². The third kappa shape index (κ3) is 4.07. The molecule has 4 aromatic rings. The quantitative estimate of drug-likeness (QED) is 0.400. The summed E-state index contributed by atoms with van der Waals surface area (Å²) in [6.45, 7) is 0. The summed E-state index contributed by atoms with van der Waals surface area (Å²) in [5.41, 5.74) is 4.04. The Morgan fingerprint density at radius 1 is 0.966 bits per heavy atom. The van der Waals surface area contributed by atoms with Crippen LogP contribution in [0.25, 0.3) is 23.1 Å². The van der Waals surface area contributed by atoms with Gasteiger partial charge in [-0.25, -0.2) is 4.98 Å². The summed E-state index contributed by atoms with van der Waals surface area (Å²) in [5.74, 6) is 0. The smallest absolute Gasteiger partial charge is 0.104 e. The largest absolute Gasteiger partial charge is 0.353 e. The van der Waals surface area contributed by atoms with E-state index >= 15 is 0 Å². The van der Waals surface area contributed by atoms with Crippen LogP contribution < -0.4 is 5.32 Å². The number of halogens is 2. The number of benzene rings is 2. The molecule has 0 bridgehead atoms. The highest BCUT2D eigenvalue weighted by Gasteiger charge is 2.15. The number of fused-ring (bicyclic) bond motifs is 1. The molecule has 4 nitrogen and oxygen atoms in total. The Balaban J connectivity index is 1.87. The fourth-order valence-corrected chi connectivity index (χ4v) is 3.43. The fraction of sp³-hybridized carbons (Fsp3) is 0. The zero-order valence-corrected chi connectivity index (χ0v) is 16.6. The first-order valence-electron chi connectivity index (χ1n) is 8.79. The molecule has 1 N–H and O–H groups in total. The van der Waals surface area contributed by atoms with Crippen molar-refractivity contribution in [2.45, 2.75) is 0 Å². The first-order valence-corrected chi connectivity index (χ1v) is 9.54. The third-order valence-electron chi connectivity index (χ3n) is 4.36. The molecule has 0 aliphatic heterocycles. The minimum Gasteiger partial charge on any atom is -0.353 e. The van der Waals surface area contributed by atoms with Gasteiger partial charge in [0.25, 0.3) is 0 Å². The van der Waals surface area contributed by atoms with Gasteiger partial charge in [-0.05, 0) is 48.0 Å². The van der Waals surface area contributed by atoms with Crippen LogP contribution in [0.4, 0.5) is 11.4 Å². The molecule has 0 amide bonds. The van der Waals surface area contributed by atoms with Gasteiger partial charge in [-0.15, -0.1) is 0 Å². The van der Waals surface area contributed by atoms with Gasteiger partial charge in [-0.1, -0.05) is 47.5 Å². The lowest BCUT2D eigenvalue weighted by Gasteiger charge is -2.14. The Morgan fingerprint density at radius 2 is 1.76 bits per heavy atom. The molecule has 0 spiro atoms. The molecule has 0 saturated carbocycles. The number of nitrogens with one attached hydrogen (secondary N) is 1. The van der Waals surface area contributed by atoms with Crippen molar-refractivity contribution in [3.05, 3.63) is 93.9 Å². The van der Waals surface area contributed by atoms with Gasteiger partial charge in [0.2, 0.25) is 0 Å². The topological polar surface area (TPSA) is 61.6 Å². The van der Waals surface area contributed by atoms with Crippen molar-refractivity contribution >= 4 is 57.6 Å². The van der Waals surface area contributed by atoms with E-state index in [1.54, 1.807) is 30.6 Å². The van der Waals surface area contributed by atoms with Gasteiger partial charge < -0.3 is 5.32 Å². The average Bonchev–Trinajstić information content (AvgIpc) is 2.74. The maximum Gasteiger partial charge on any atom is 0.104 e. The van der Waals surface area contributed by atoms with Crippen molar-refractivity contribution in [1.29, 1.82) is 5.26 Å². The maximum atomic E-state index is 9.92. The summed E-state index contributed by atoms with van der Waals surface area (Å²) >= 11 is 12.4. The number of hydrogen-bond acceptors (Lipinski definition) is 4. The number of rotatable bonds is 4. The molecule has 0 radical (unpaired) electrons. The minimum atomic E-state index is 0.431. The summed E-state index contributed by atoms with van der Waals surface area (Å²) in [4.78, 5) is 8.70. The first-order chi connectivity index (χ1) is 14.2. The highest BCUT2D eigenvalue weighted by Crippen LogP contribution is 2.35. The van der Waals surface area contributed by atoms with Crippen LogP contribution >= 0.6 is 23.2 Å². The molecule has 140 valence electrons. The Labute approximate surface area is 178 Å². The number of hydrogen-bond donors (Lipinski definition) is 1. The average molecular weight is 417 g/mol. The predicted octanol–water partition coefficient (Wildman–Crippen LogP) is 6.72. The highest BCUT2D eigenvalue weighted by molar-refractivity contribution is 6.36. The predicted molar refractivity (Wildman–Crippen MR) is 119 cm³/mol. The van der Waals surface area contributed by atoms with Crippen LogP contribution in [-0.2, 0) is 0 Å². The summed E-state index contributed by atoms with van der Waals surface area (Å²) < 4.78 is 0. The standard InChI is InChI=1S/C23H14Cl2N4/c24-16-6-8-22(19(25)13-16)29-23-17-3-1-2-4-20(17)28-21(18(23)14-26)7-5-15-9-11-27-12-10-15/h1-13H,(H,28,29)/b7-5+. The summed E-state index contributed by atoms with van der Waals surface area (Å²) in [6, 6.07) is 18.9. The van der Waals surface area contributed by atoms with Crippen molar-refractivity contribution < 1.29 is 0 Å². The zero-order chi connectivity index (χ0) is 20.2. The first kappa shape index (κ1) is 18.9. The van der Waals surface area contributed by atoms with Gasteiger partial charge in [0.15, 0.2) is 0 Å². The van der Waals surface area contributed by atoms with Gasteiger partial charge in [-0.3, -0.25) is 4.98 Å². The van der Waals surface area contributed by atoms with Gasteiger partial charge in [0, 0.05) is 22.8 Å². The SMILES string of the molecule is N#Cc1c(/C=C/c2ccncc2)nc2ccccc2c1Nc1ccc(Cl)cc1Cl. The van der Waals surface area contributed by atoms with Crippen molar-refractivity contribution in [2.75, 3.05) is 5.32 Å². The van der Waals surface area contributed by atoms with E-state index in [4.69, 9.17) is 23.2 Å². The van der Waals surface area contributed by atoms with E-state index in [-0.39, 0.29) is 0 Å². The number of nitriles is 1. The number of anilines is 2. The number of para-hydroxylation sites is 1. The van der Waals surface area contributed by atoms with Gasteiger partial charge >= 0.3 is 0 Å². The van der Waals surface area contributed by atoms with Crippen molar-refractivity contribution in [3.8, 4) is 6.07 Å². The van der Waals surface area contributed by atoms with Crippen LogP contribution in [0.2, 0.25) is 10.0 Å². The Morgan fingerprint density at radius 3 is 2.52 bits per heavy atom. The Hall–Kier alpha value is -3.39. The van der Waals surface area contributed by atoms with Gasteiger partial charge in [0.05, 0.1) is 27.6 Å². The second-order valence-corrected chi connectivity index (χ2v) is 7.08. The molecule has 2 aromatic heterocycles. The van der Waals surface area contributed by atoms with E-state index in [0.717, 1.165) is 16.5 Å². The molecule has 0 aliphatic carbocycles. The number of aromatic nitrogens is 2. The fourth-order valence-electron chi connectivity index (χ4n) is 2.97. The van der Waals surface area contributed by atoms with E-state index in [2.05, 4.69) is 21.4 Å². The van der Waals surface area contributed by atoms with Gasteiger partial charge in [0.1, 0.15) is 11.6 Å². The summed E-state index contributed by atoms with van der Waals surface area (Å²) in [5, 5.41) is 15.1. The summed E-state index contributed by atoms with van der Waals surface area (Å²) in [6.07, 6.45) is 7.16. The molecule has 0 unspecified atom stereocenters. The Bertz CT molecular complexity index is 1260. The minimum absolute atomic E-state index is 0.431. The van der Waals surface area contributed by atoms with E-state index in [9.17, 15) is 5.26 Å². The monoisotopic (exact) mass is 416 g/mol. The van der Waals surface area contributed by atoms with Crippen LogP contribution in [0.15, 0.2) is 67.0 Å². The molecule has 0 atom stereocenters. The Kier molecular flexibility index (Phi) is 5.44. The molecule has 0 fully saturated rings. The normalized spacial score (nSPS) is 10.9. The van der Waals surface area contributed by atoms with Crippen LogP contribution in [0, 0.1) is 11.3 Å². The van der Waals surface area contributed by atoms with Crippen LogP contribution in [0.1, 0.15) is 16.8 Å². The lowest BCUT2D eigenvalue weighted by atomic mass is 10.0. The molecular formula is C23H14Cl2N4. The second kappa shape index (κ2) is 8.32. The molecule has 2 heterocycles.